The highest BCUT2D eigenvalue weighted by molar-refractivity contribution is 6.33. The molecule has 5 heteroatoms. The Morgan fingerprint density at radius 3 is 2.34 bits per heavy atom. The molecular formula is C24H30ClN3O. The van der Waals surface area contributed by atoms with Crippen LogP contribution in [0.2, 0.25) is 5.02 Å². The Hall–Kier alpha value is -2.04. The molecule has 1 aliphatic carbocycles. The molecular weight excluding hydrogens is 382 g/mol. The van der Waals surface area contributed by atoms with Gasteiger partial charge in [-0.25, -0.2) is 0 Å². The second-order valence-corrected chi connectivity index (χ2v) is 8.60. The first-order chi connectivity index (χ1) is 14.1. The van der Waals surface area contributed by atoms with E-state index in [9.17, 15) is 4.79 Å². The lowest BCUT2D eigenvalue weighted by atomic mass is 9.78. The van der Waals surface area contributed by atoms with E-state index in [2.05, 4.69) is 34.2 Å². The Morgan fingerprint density at radius 1 is 1.03 bits per heavy atom. The Morgan fingerprint density at radius 2 is 1.72 bits per heavy atom. The summed E-state index contributed by atoms with van der Waals surface area (Å²) in [6, 6.07) is 16.1. The highest BCUT2D eigenvalue weighted by Gasteiger charge is 2.42. The first kappa shape index (κ1) is 20.2. The molecule has 1 heterocycles. The van der Waals surface area contributed by atoms with Crippen LogP contribution in [0.4, 0.5) is 11.4 Å². The number of hydrogen-bond donors (Lipinski definition) is 1. The summed E-state index contributed by atoms with van der Waals surface area (Å²) in [5.74, 6) is 0.0848. The molecule has 1 saturated heterocycles. The van der Waals surface area contributed by atoms with Gasteiger partial charge in [-0.1, -0.05) is 61.7 Å². The molecule has 1 amide bonds. The van der Waals surface area contributed by atoms with Crippen LogP contribution in [0.25, 0.3) is 0 Å². The van der Waals surface area contributed by atoms with Crippen LogP contribution in [0, 0.1) is 0 Å². The van der Waals surface area contributed by atoms with Gasteiger partial charge in [0, 0.05) is 31.9 Å². The molecule has 2 aliphatic rings. The van der Waals surface area contributed by atoms with Crippen molar-refractivity contribution in [3.8, 4) is 0 Å². The number of hydrogen-bond acceptors (Lipinski definition) is 3. The second kappa shape index (κ2) is 8.76. The van der Waals surface area contributed by atoms with Crippen molar-refractivity contribution in [2.45, 2.75) is 38.0 Å². The van der Waals surface area contributed by atoms with Gasteiger partial charge in [-0.2, -0.15) is 0 Å². The van der Waals surface area contributed by atoms with Crippen molar-refractivity contribution in [2.24, 2.45) is 0 Å². The quantitative estimate of drug-likeness (QED) is 0.757. The predicted octanol–water partition coefficient (Wildman–Crippen LogP) is 4.93. The zero-order valence-electron chi connectivity index (χ0n) is 17.2. The third kappa shape index (κ3) is 4.15. The normalized spacial score (nSPS) is 19.3. The van der Waals surface area contributed by atoms with Gasteiger partial charge in [0.25, 0.3) is 0 Å². The van der Waals surface area contributed by atoms with E-state index < -0.39 is 5.41 Å². The van der Waals surface area contributed by atoms with Crippen molar-refractivity contribution in [3.63, 3.8) is 0 Å². The van der Waals surface area contributed by atoms with Crippen molar-refractivity contribution >= 4 is 28.9 Å². The van der Waals surface area contributed by atoms with Crippen molar-refractivity contribution in [1.82, 2.24) is 4.90 Å². The monoisotopic (exact) mass is 411 g/mol. The zero-order chi connectivity index (χ0) is 20.3. The highest BCUT2D eigenvalue weighted by Crippen LogP contribution is 2.42. The third-order valence-electron chi connectivity index (χ3n) is 6.58. The van der Waals surface area contributed by atoms with E-state index in [1.165, 1.54) is 0 Å². The average molecular weight is 412 g/mol. The minimum absolute atomic E-state index is 0.0848. The fourth-order valence-corrected chi connectivity index (χ4v) is 5.08. The number of nitrogens with one attached hydrogen (secondary N) is 1. The summed E-state index contributed by atoms with van der Waals surface area (Å²) in [5.41, 5.74) is 2.52. The van der Waals surface area contributed by atoms with Crippen LogP contribution in [0.3, 0.4) is 0 Å². The van der Waals surface area contributed by atoms with Gasteiger partial charge in [0.2, 0.25) is 5.91 Å². The zero-order valence-corrected chi connectivity index (χ0v) is 17.9. The van der Waals surface area contributed by atoms with Crippen LogP contribution in [-0.2, 0) is 10.2 Å². The van der Waals surface area contributed by atoms with E-state index in [0.717, 1.165) is 75.3 Å². The van der Waals surface area contributed by atoms with E-state index >= 15 is 0 Å². The smallest absolute Gasteiger partial charge is 0.235 e. The van der Waals surface area contributed by atoms with E-state index in [0.29, 0.717) is 5.02 Å². The molecule has 2 aromatic carbocycles. The number of halogens is 1. The molecule has 29 heavy (non-hydrogen) atoms. The van der Waals surface area contributed by atoms with Gasteiger partial charge in [-0.05, 0) is 43.1 Å². The van der Waals surface area contributed by atoms with Gasteiger partial charge >= 0.3 is 0 Å². The largest absolute Gasteiger partial charge is 0.368 e. The molecule has 4 rings (SSSR count). The number of carbonyl (C=O) groups excluding carboxylic acids is 1. The Bertz CT molecular complexity index is 840. The van der Waals surface area contributed by atoms with Gasteiger partial charge in [0.15, 0.2) is 0 Å². The molecule has 0 radical (unpaired) electrons. The minimum atomic E-state index is -0.428. The highest BCUT2D eigenvalue weighted by atomic mass is 35.5. The van der Waals surface area contributed by atoms with Crippen LogP contribution in [-0.4, -0.2) is 43.5 Å². The summed E-state index contributed by atoms with van der Waals surface area (Å²) in [4.78, 5) is 18.1. The lowest BCUT2D eigenvalue weighted by molar-refractivity contribution is -0.121. The molecule has 0 aromatic heterocycles. The maximum atomic E-state index is 13.3. The molecule has 4 nitrogen and oxygen atoms in total. The van der Waals surface area contributed by atoms with E-state index in [1.54, 1.807) is 0 Å². The van der Waals surface area contributed by atoms with Gasteiger partial charge in [-0.3, -0.25) is 4.79 Å². The number of rotatable bonds is 5. The van der Waals surface area contributed by atoms with Crippen LogP contribution < -0.4 is 10.2 Å². The van der Waals surface area contributed by atoms with E-state index in [4.69, 9.17) is 11.6 Å². The third-order valence-corrected chi connectivity index (χ3v) is 6.89. The maximum Gasteiger partial charge on any atom is 0.235 e. The Balaban J connectivity index is 1.49. The predicted molar refractivity (Wildman–Crippen MR) is 121 cm³/mol. The number of benzene rings is 2. The first-order valence-electron chi connectivity index (χ1n) is 10.8. The van der Waals surface area contributed by atoms with Crippen molar-refractivity contribution in [1.29, 1.82) is 0 Å². The van der Waals surface area contributed by atoms with Gasteiger partial charge < -0.3 is 15.1 Å². The molecule has 0 spiro atoms. The number of nitrogens with zero attached hydrogens (tertiary/aromatic N) is 2. The lowest BCUT2D eigenvalue weighted by Crippen LogP contribution is -2.46. The molecule has 1 aliphatic heterocycles. The van der Waals surface area contributed by atoms with E-state index in [1.807, 2.05) is 36.4 Å². The van der Waals surface area contributed by atoms with Crippen molar-refractivity contribution in [2.75, 3.05) is 42.9 Å². The summed E-state index contributed by atoms with van der Waals surface area (Å²) >= 11 is 6.62. The van der Waals surface area contributed by atoms with Gasteiger partial charge in [-0.15, -0.1) is 0 Å². The fourth-order valence-electron chi connectivity index (χ4n) is 4.78. The molecule has 2 fully saturated rings. The molecule has 2 aromatic rings. The van der Waals surface area contributed by atoms with E-state index in [-0.39, 0.29) is 5.91 Å². The average Bonchev–Trinajstić information content (AvgIpc) is 3.26. The summed E-state index contributed by atoms with van der Waals surface area (Å²) in [5, 5.41) is 3.86. The van der Waals surface area contributed by atoms with Crippen LogP contribution in [0.5, 0.6) is 0 Å². The number of piperazine rings is 1. The Labute approximate surface area is 178 Å². The summed E-state index contributed by atoms with van der Waals surface area (Å²) in [6.07, 6.45) is 3.98. The fraction of sp³-hybridized carbons (Fsp3) is 0.458. The number of anilines is 2. The van der Waals surface area contributed by atoms with Crippen molar-refractivity contribution < 1.29 is 4.79 Å². The molecule has 1 saturated carbocycles. The SMILES string of the molecule is CCN1CCN(c2ccc(NC(=O)C3(c4ccccc4)CCCC3)cc2Cl)CC1. The first-order valence-corrected chi connectivity index (χ1v) is 11.1. The number of likely N-dealkylation sites (N-methyl/N-ethyl adjacent to an activating group) is 1. The van der Waals surface area contributed by atoms with Crippen molar-refractivity contribution in [3.05, 3.63) is 59.1 Å². The standard InChI is InChI=1S/C24H30ClN3O/c1-2-27-14-16-28(17-15-27)22-11-10-20(18-21(22)25)26-23(29)24(12-6-7-13-24)19-8-4-3-5-9-19/h3-5,8-11,18H,2,6-7,12-17H2,1H3,(H,26,29). The molecule has 0 atom stereocenters. The maximum absolute atomic E-state index is 13.3. The van der Waals surface area contributed by atoms with Crippen LogP contribution >= 0.6 is 11.6 Å². The molecule has 1 N–H and O–H groups in total. The number of carbonyl (C=O) groups is 1. The molecule has 0 unspecified atom stereocenters. The molecule has 154 valence electrons. The summed E-state index contributed by atoms with van der Waals surface area (Å²) in [7, 11) is 0. The van der Waals surface area contributed by atoms with Crippen LogP contribution in [0.15, 0.2) is 48.5 Å². The van der Waals surface area contributed by atoms with Gasteiger partial charge in [0.05, 0.1) is 16.1 Å². The molecule has 0 bridgehead atoms. The topological polar surface area (TPSA) is 35.6 Å². The minimum Gasteiger partial charge on any atom is -0.368 e. The van der Waals surface area contributed by atoms with Crippen LogP contribution in [0.1, 0.15) is 38.2 Å². The Kier molecular flexibility index (Phi) is 6.12. The summed E-state index contributed by atoms with van der Waals surface area (Å²) < 4.78 is 0. The summed E-state index contributed by atoms with van der Waals surface area (Å²) in [6.45, 7) is 7.38. The second-order valence-electron chi connectivity index (χ2n) is 8.20. The number of amides is 1. The lowest BCUT2D eigenvalue weighted by Gasteiger charge is -2.36. The van der Waals surface area contributed by atoms with Gasteiger partial charge in [0.1, 0.15) is 0 Å².